The Morgan fingerprint density at radius 1 is 1.06 bits per heavy atom. The van der Waals surface area contributed by atoms with Gasteiger partial charge in [0, 0.05) is 17.8 Å². The van der Waals surface area contributed by atoms with Crippen LogP contribution >= 0.6 is 0 Å². The number of para-hydroxylation sites is 1. The smallest absolute Gasteiger partial charge is 0.414 e. The summed E-state index contributed by atoms with van der Waals surface area (Å²) in [4.78, 5) is 21.3. The minimum absolute atomic E-state index is 0.167. The molecule has 2 aliphatic heterocycles. The van der Waals surface area contributed by atoms with Crippen LogP contribution in [-0.2, 0) is 11.2 Å². The van der Waals surface area contributed by atoms with Crippen LogP contribution in [0.25, 0.3) is 11.3 Å². The van der Waals surface area contributed by atoms with E-state index in [9.17, 15) is 4.79 Å². The number of nitrogens with zero attached hydrogens (tertiary/aromatic N) is 3. The van der Waals surface area contributed by atoms with Gasteiger partial charge in [0.05, 0.1) is 37.3 Å². The van der Waals surface area contributed by atoms with E-state index in [1.807, 2.05) is 54.6 Å². The van der Waals surface area contributed by atoms with Gasteiger partial charge in [0.2, 0.25) is 0 Å². The Morgan fingerprint density at radius 2 is 1.87 bits per heavy atom. The van der Waals surface area contributed by atoms with E-state index in [4.69, 9.17) is 14.5 Å². The van der Waals surface area contributed by atoms with Gasteiger partial charge in [0.25, 0.3) is 0 Å². The molecule has 1 fully saturated rings. The van der Waals surface area contributed by atoms with Gasteiger partial charge in [-0.05, 0) is 61.4 Å². The Morgan fingerprint density at radius 3 is 2.65 bits per heavy atom. The number of anilines is 2. The number of ether oxygens (including phenoxy) is 2. The Balaban J connectivity index is 1.32. The number of amides is 1. The maximum Gasteiger partial charge on any atom is 0.414 e. The standard InChI is InChI=1S/C25H25N3O3/c1-30-20-11-9-18(10-12-20)22-13-14-24-23(26-22)8-5-15-27(24)16-21-17-28(25(29)31-21)19-6-3-2-4-7-19/h2-4,6-7,9-14,21H,5,8,15-17H2,1H3/t21-/m0/s1. The molecule has 1 saturated heterocycles. The molecule has 2 aliphatic rings. The van der Waals surface area contributed by atoms with Crippen molar-refractivity contribution >= 4 is 17.5 Å². The highest BCUT2D eigenvalue weighted by Gasteiger charge is 2.34. The number of benzene rings is 2. The molecule has 0 saturated carbocycles. The summed E-state index contributed by atoms with van der Waals surface area (Å²) in [5.41, 5.74) is 5.15. The van der Waals surface area contributed by atoms with Crippen molar-refractivity contribution in [2.75, 3.05) is 36.5 Å². The first-order valence-electron chi connectivity index (χ1n) is 10.6. The SMILES string of the molecule is COc1ccc(-c2ccc3c(n2)CCCN3C[C@H]2CN(c3ccccc3)C(=O)O2)cc1. The van der Waals surface area contributed by atoms with Gasteiger partial charge in [0.1, 0.15) is 11.9 Å². The lowest BCUT2D eigenvalue weighted by atomic mass is 10.0. The largest absolute Gasteiger partial charge is 0.497 e. The van der Waals surface area contributed by atoms with Crippen molar-refractivity contribution in [1.29, 1.82) is 0 Å². The molecule has 0 spiro atoms. The monoisotopic (exact) mass is 415 g/mol. The van der Waals surface area contributed by atoms with Gasteiger partial charge in [0.15, 0.2) is 0 Å². The lowest BCUT2D eigenvalue weighted by Crippen LogP contribution is -2.38. The average molecular weight is 415 g/mol. The van der Waals surface area contributed by atoms with Gasteiger partial charge in [-0.2, -0.15) is 0 Å². The summed E-state index contributed by atoms with van der Waals surface area (Å²) >= 11 is 0. The molecule has 0 radical (unpaired) electrons. The molecular formula is C25H25N3O3. The van der Waals surface area contributed by atoms with Gasteiger partial charge in [-0.15, -0.1) is 0 Å². The van der Waals surface area contributed by atoms with E-state index in [1.165, 1.54) is 0 Å². The van der Waals surface area contributed by atoms with Crippen molar-refractivity contribution in [3.8, 4) is 17.0 Å². The molecule has 6 heteroatoms. The third-order valence-electron chi connectivity index (χ3n) is 5.88. The van der Waals surface area contributed by atoms with E-state index in [1.54, 1.807) is 12.0 Å². The summed E-state index contributed by atoms with van der Waals surface area (Å²) in [6, 6.07) is 21.9. The molecule has 158 valence electrons. The van der Waals surface area contributed by atoms with E-state index in [0.29, 0.717) is 13.1 Å². The van der Waals surface area contributed by atoms with Crippen LogP contribution < -0.4 is 14.5 Å². The number of cyclic esters (lactones) is 1. The number of hydrogen-bond donors (Lipinski definition) is 0. The second-order valence-electron chi connectivity index (χ2n) is 7.89. The fraction of sp³-hybridized carbons (Fsp3) is 0.280. The van der Waals surface area contributed by atoms with Gasteiger partial charge >= 0.3 is 6.09 Å². The number of aromatic nitrogens is 1. The first-order valence-corrected chi connectivity index (χ1v) is 10.6. The lowest BCUT2D eigenvalue weighted by Gasteiger charge is -2.32. The second-order valence-corrected chi connectivity index (χ2v) is 7.89. The highest BCUT2D eigenvalue weighted by Crippen LogP contribution is 2.31. The molecule has 5 rings (SSSR count). The third-order valence-corrected chi connectivity index (χ3v) is 5.88. The normalized spacial score (nSPS) is 18.0. The summed E-state index contributed by atoms with van der Waals surface area (Å²) < 4.78 is 10.9. The van der Waals surface area contributed by atoms with Crippen LogP contribution in [0.5, 0.6) is 5.75 Å². The van der Waals surface area contributed by atoms with Crippen LogP contribution in [0, 0.1) is 0 Å². The number of hydrogen-bond acceptors (Lipinski definition) is 5. The van der Waals surface area contributed by atoms with Crippen LogP contribution in [0.15, 0.2) is 66.7 Å². The zero-order valence-electron chi connectivity index (χ0n) is 17.5. The molecule has 0 N–H and O–H groups in total. The van der Waals surface area contributed by atoms with Crippen molar-refractivity contribution in [3.63, 3.8) is 0 Å². The van der Waals surface area contributed by atoms with Gasteiger partial charge in [-0.1, -0.05) is 18.2 Å². The zero-order valence-corrected chi connectivity index (χ0v) is 17.5. The lowest BCUT2D eigenvalue weighted by molar-refractivity contribution is 0.143. The maximum atomic E-state index is 12.4. The number of methoxy groups -OCH3 is 1. The fourth-order valence-electron chi connectivity index (χ4n) is 4.32. The van der Waals surface area contributed by atoms with Crippen LogP contribution in [0.3, 0.4) is 0 Å². The number of rotatable bonds is 5. The van der Waals surface area contributed by atoms with E-state index in [-0.39, 0.29) is 12.2 Å². The van der Waals surface area contributed by atoms with E-state index >= 15 is 0 Å². The fourth-order valence-corrected chi connectivity index (χ4v) is 4.32. The molecule has 3 aromatic rings. The maximum absolute atomic E-state index is 12.4. The van der Waals surface area contributed by atoms with Gasteiger partial charge in [-0.25, -0.2) is 4.79 Å². The quantitative estimate of drug-likeness (QED) is 0.613. The molecule has 0 bridgehead atoms. The number of fused-ring (bicyclic) bond motifs is 1. The molecule has 6 nitrogen and oxygen atoms in total. The van der Waals surface area contributed by atoms with Crippen molar-refractivity contribution < 1.29 is 14.3 Å². The predicted octanol–water partition coefficient (Wildman–Crippen LogP) is 4.54. The average Bonchev–Trinajstić information content (AvgIpc) is 3.19. The van der Waals surface area contributed by atoms with Crippen molar-refractivity contribution in [1.82, 2.24) is 4.98 Å². The highest BCUT2D eigenvalue weighted by molar-refractivity contribution is 5.89. The highest BCUT2D eigenvalue weighted by atomic mass is 16.6. The first kappa shape index (κ1) is 19.4. The second kappa shape index (κ2) is 8.30. The molecule has 31 heavy (non-hydrogen) atoms. The zero-order chi connectivity index (χ0) is 21.2. The van der Waals surface area contributed by atoms with Gasteiger partial charge < -0.3 is 14.4 Å². The van der Waals surface area contributed by atoms with Crippen LogP contribution in [-0.4, -0.2) is 43.9 Å². The number of aryl methyl sites for hydroxylation is 1. The minimum Gasteiger partial charge on any atom is -0.497 e. The summed E-state index contributed by atoms with van der Waals surface area (Å²) in [5, 5.41) is 0. The van der Waals surface area contributed by atoms with Gasteiger partial charge in [-0.3, -0.25) is 9.88 Å². The molecule has 0 aliphatic carbocycles. The van der Waals surface area contributed by atoms with Crippen molar-refractivity contribution in [3.05, 3.63) is 72.4 Å². The van der Waals surface area contributed by atoms with E-state index in [2.05, 4.69) is 17.0 Å². The summed E-state index contributed by atoms with van der Waals surface area (Å²) in [6.07, 6.45) is 1.55. The Labute approximate surface area is 182 Å². The molecule has 1 atom stereocenters. The van der Waals surface area contributed by atoms with Crippen LogP contribution in [0.2, 0.25) is 0 Å². The summed E-state index contributed by atoms with van der Waals surface area (Å²) in [5.74, 6) is 0.837. The van der Waals surface area contributed by atoms with Crippen molar-refractivity contribution in [2.45, 2.75) is 18.9 Å². The predicted molar refractivity (Wildman–Crippen MR) is 121 cm³/mol. The van der Waals surface area contributed by atoms with Crippen molar-refractivity contribution in [2.24, 2.45) is 0 Å². The number of carbonyl (C=O) groups excluding carboxylic acids is 1. The number of carbonyl (C=O) groups is 1. The van der Waals surface area contributed by atoms with E-state index in [0.717, 1.165) is 53.5 Å². The Kier molecular flexibility index (Phi) is 5.20. The first-order chi connectivity index (χ1) is 15.2. The van der Waals surface area contributed by atoms with E-state index < -0.39 is 0 Å². The van der Waals surface area contributed by atoms with Crippen LogP contribution in [0.4, 0.5) is 16.2 Å². The van der Waals surface area contributed by atoms with Crippen LogP contribution in [0.1, 0.15) is 12.1 Å². The Bertz CT molecular complexity index is 1070. The Hall–Kier alpha value is -3.54. The molecule has 3 heterocycles. The third kappa shape index (κ3) is 3.93. The molecule has 1 aromatic heterocycles. The molecular weight excluding hydrogens is 390 g/mol. The molecule has 1 amide bonds. The summed E-state index contributed by atoms with van der Waals surface area (Å²) in [7, 11) is 1.67. The topological polar surface area (TPSA) is 54.9 Å². The summed E-state index contributed by atoms with van der Waals surface area (Å²) in [6.45, 7) is 2.17. The number of pyridine rings is 1. The molecule has 2 aromatic carbocycles. The molecule has 0 unspecified atom stereocenters. The minimum atomic E-state index is -0.276.